The van der Waals surface area contributed by atoms with Crippen LogP contribution in [-0.2, 0) is 38.0 Å². The van der Waals surface area contributed by atoms with Crippen LogP contribution in [0.1, 0.15) is 109 Å². The van der Waals surface area contributed by atoms with E-state index in [0.717, 1.165) is 5.57 Å². The molecule has 13 heteroatoms. The highest BCUT2D eigenvalue weighted by molar-refractivity contribution is 5.73. The SMILES string of the molecule is CCC1OC(=O)[C@H](C)[C@@H](O[C@H]2C[C@@](C)(OC)[C@@H](O)[C@H](C)O2)[C@H](C)[C@@H](O[C@@H]2O[C@H](C)C[C@H](N(C)C(C)C)[C@H]2O)[C@@]2(C)CC(C)=C(O2)[C@@H](C)[C@@H](O)[C@]1(C)O. The molecule has 0 aromatic heterocycles. The van der Waals surface area contributed by atoms with Crippen molar-refractivity contribution < 1.29 is 58.4 Å². The van der Waals surface area contributed by atoms with Crippen molar-refractivity contribution in [1.82, 2.24) is 4.90 Å². The molecule has 3 saturated heterocycles. The van der Waals surface area contributed by atoms with E-state index < -0.39 is 95.8 Å². The van der Waals surface area contributed by atoms with Crippen molar-refractivity contribution in [2.45, 2.75) is 199 Å². The molecule has 4 heterocycles. The minimum absolute atomic E-state index is 0.163. The van der Waals surface area contributed by atoms with Gasteiger partial charge >= 0.3 is 5.97 Å². The number of methoxy groups -OCH3 is 1. The first-order valence-electron chi connectivity index (χ1n) is 19.3. The molecule has 52 heavy (non-hydrogen) atoms. The summed E-state index contributed by atoms with van der Waals surface area (Å²) in [6.07, 6.45) is -7.45. The largest absolute Gasteiger partial charge is 0.489 e. The molecule has 13 nitrogen and oxygen atoms in total. The predicted octanol–water partition coefficient (Wildman–Crippen LogP) is 3.67. The molecule has 0 aromatic rings. The monoisotopic (exact) mass is 743 g/mol. The van der Waals surface area contributed by atoms with Gasteiger partial charge in [-0.2, -0.15) is 0 Å². The molecule has 1 unspecified atom stereocenters. The Labute approximate surface area is 311 Å². The summed E-state index contributed by atoms with van der Waals surface area (Å²) in [5.74, 6) is -2.33. The molecule has 0 radical (unpaired) electrons. The number of nitrogens with zero attached hydrogens (tertiary/aromatic N) is 1. The Morgan fingerprint density at radius 3 is 2.19 bits per heavy atom. The highest BCUT2D eigenvalue weighted by atomic mass is 16.7. The van der Waals surface area contributed by atoms with Crippen LogP contribution in [0.2, 0.25) is 0 Å². The molecule has 4 N–H and O–H groups in total. The van der Waals surface area contributed by atoms with E-state index >= 15 is 0 Å². The molecule has 4 rings (SSSR count). The zero-order chi connectivity index (χ0) is 39.2. The van der Waals surface area contributed by atoms with Crippen LogP contribution in [0.3, 0.4) is 0 Å². The normalized spacial score (nSPS) is 48.2. The number of carbonyl (C=O) groups is 1. The third kappa shape index (κ3) is 8.39. The van der Waals surface area contributed by atoms with E-state index in [4.69, 9.17) is 33.2 Å². The van der Waals surface area contributed by atoms with Gasteiger partial charge in [0, 0.05) is 43.9 Å². The number of aliphatic hydroxyl groups excluding tert-OH is 3. The van der Waals surface area contributed by atoms with Crippen molar-refractivity contribution in [3.63, 3.8) is 0 Å². The van der Waals surface area contributed by atoms with Crippen LogP contribution in [0.25, 0.3) is 0 Å². The molecule has 0 saturated carbocycles. The van der Waals surface area contributed by atoms with Crippen LogP contribution in [-0.4, -0.2) is 136 Å². The van der Waals surface area contributed by atoms with Gasteiger partial charge < -0.3 is 53.6 Å². The number of cyclic esters (lactones) is 1. The number of ether oxygens (including phenoxy) is 7. The fourth-order valence-electron chi connectivity index (χ4n) is 9.00. The molecule has 2 bridgehead atoms. The van der Waals surface area contributed by atoms with Crippen molar-refractivity contribution in [1.29, 1.82) is 0 Å². The lowest BCUT2D eigenvalue weighted by Crippen LogP contribution is -2.61. The highest BCUT2D eigenvalue weighted by Crippen LogP contribution is 2.47. The van der Waals surface area contributed by atoms with Gasteiger partial charge in [-0.05, 0) is 87.8 Å². The van der Waals surface area contributed by atoms with Crippen LogP contribution < -0.4 is 0 Å². The molecule has 0 amide bonds. The quantitative estimate of drug-likeness (QED) is 0.267. The second-order valence-electron chi connectivity index (χ2n) is 17.1. The van der Waals surface area contributed by atoms with Crippen molar-refractivity contribution in [2.24, 2.45) is 17.8 Å². The first-order valence-corrected chi connectivity index (χ1v) is 19.3. The van der Waals surface area contributed by atoms with Gasteiger partial charge in [0.1, 0.15) is 41.4 Å². The minimum Gasteiger partial charge on any atom is -0.489 e. The maximum absolute atomic E-state index is 14.2. The third-order valence-electron chi connectivity index (χ3n) is 12.6. The van der Waals surface area contributed by atoms with E-state index in [1.54, 1.807) is 34.6 Å². The first kappa shape index (κ1) is 43.3. The van der Waals surface area contributed by atoms with E-state index in [1.165, 1.54) is 14.0 Å². The van der Waals surface area contributed by atoms with Gasteiger partial charge in [0.05, 0.1) is 35.9 Å². The lowest BCUT2D eigenvalue weighted by atomic mass is 9.78. The molecule has 3 fully saturated rings. The lowest BCUT2D eigenvalue weighted by molar-refractivity contribution is -0.317. The van der Waals surface area contributed by atoms with Crippen molar-refractivity contribution in [3.8, 4) is 0 Å². The number of hydrogen-bond donors (Lipinski definition) is 4. The smallest absolute Gasteiger partial charge is 0.311 e. The van der Waals surface area contributed by atoms with Crippen molar-refractivity contribution >= 4 is 5.97 Å². The topological polar surface area (TPSA) is 166 Å². The zero-order valence-electron chi connectivity index (χ0n) is 34.0. The summed E-state index contributed by atoms with van der Waals surface area (Å²) in [7, 11) is 3.51. The zero-order valence-corrected chi connectivity index (χ0v) is 34.0. The molecule has 4 aliphatic rings. The first-order chi connectivity index (χ1) is 24.0. The van der Waals surface area contributed by atoms with Crippen LogP contribution >= 0.6 is 0 Å². The Morgan fingerprint density at radius 1 is 0.981 bits per heavy atom. The van der Waals surface area contributed by atoms with Gasteiger partial charge in [-0.25, -0.2) is 0 Å². The number of rotatable bonds is 8. The Hall–Kier alpha value is -1.39. The molecule has 0 aromatic carbocycles. The summed E-state index contributed by atoms with van der Waals surface area (Å²) in [5, 5.41) is 46.2. The molecule has 302 valence electrons. The number of aliphatic hydroxyl groups is 4. The number of fused-ring (bicyclic) bond motifs is 2. The fourth-order valence-corrected chi connectivity index (χ4v) is 9.00. The minimum atomic E-state index is -1.82. The summed E-state index contributed by atoms with van der Waals surface area (Å²) < 4.78 is 44.9. The Balaban J connectivity index is 1.84. The predicted molar refractivity (Wildman–Crippen MR) is 193 cm³/mol. The second kappa shape index (κ2) is 16.4. The van der Waals surface area contributed by atoms with Gasteiger partial charge in [-0.1, -0.05) is 20.8 Å². The van der Waals surface area contributed by atoms with Crippen molar-refractivity contribution in [2.75, 3.05) is 14.2 Å². The standard InChI is InChI=1S/C39H69NO12/c1-15-27-39(12,45)32(42)22(6)30-20(4)17-38(11,52-30)34(51-36-29(41)26(16-21(5)47-36)40(13)19(2)3)23(7)31(24(8)35(44)49-27)50-28-18-37(10,46-14)33(43)25(9)48-28/h19,21-29,31-34,36,41-43,45H,15-18H2,1-14H3/t21-,22-,23+,24-,25+,26+,27?,28+,29-,31+,32-,33+,34-,36+,37-,38-,39-/m1/s1. The summed E-state index contributed by atoms with van der Waals surface area (Å²) >= 11 is 0. The van der Waals surface area contributed by atoms with E-state index in [9.17, 15) is 25.2 Å². The number of carbonyl (C=O) groups excluding carboxylic acids is 1. The fraction of sp³-hybridized carbons (Fsp3) is 0.923. The van der Waals surface area contributed by atoms with E-state index in [-0.39, 0.29) is 31.0 Å². The Kier molecular flexibility index (Phi) is 13.6. The maximum Gasteiger partial charge on any atom is 0.311 e. The summed E-state index contributed by atoms with van der Waals surface area (Å²) in [4.78, 5) is 16.3. The summed E-state index contributed by atoms with van der Waals surface area (Å²) in [6.45, 7) is 22.2. The second-order valence-corrected chi connectivity index (χ2v) is 17.1. The number of esters is 1. The average molecular weight is 744 g/mol. The van der Waals surface area contributed by atoms with Gasteiger partial charge in [0.15, 0.2) is 12.6 Å². The molecule has 17 atom stereocenters. The third-order valence-corrected chi connectivity index (χ3v) is 12.6. The Morgan fingerprint density at radius 2 is 1.62 bits per heavy atom. The van der Waals surface area contributed by atoms with Gasteiger partial charge in [0.25, 0.3) is 0 Å². The maximum atomic E-state index is 14.2. The molecule has 4 aliphatic heterocycles. The molecule has 0 aliphatic carbocycles. The van der Waals surface area contributed by atoms with Crippen LogP contribution in [0.15, 0.2) is 11.3 Å². The average Bonchev–Trinajstić information content (AvgIpc) is 3.40. The summed E-state index contributed by atoms with van der Waals surface area (Å²) in [5.41, 5.74) is -3.01. The van der Waals surface area contributed by atoms with Gasteiger partial charge in [0.2, 0.25) is 0 Å². The number of hydrogen-bond acceptors (Lipinski definition) is 13. The van der Waals surface area contributed by atoms with Gasteiger partial charge in [-0.15, -0.1) is 0 Å². The summed E-state index contributed by atoms with van der Waals surface area (Å²) in [6, 6.07) is -0.0815. The molecular weight excluding hydrogens is 674 g/mol. The highest BCUT2D eigenvalue weighted by Gasteiger charge is 2.56. The van der Waals surface area contributed by atoms with E-state index in [1.807, 2.05) is 34.7 Å². The van der Waals surface area contributed by atoms with Crippen LogP contribution in [0.4, 0.5) is 0 Å². The number of likely N-dealkylation sites (N-methyl/N-ethyl adjacent to an activating group) is 1. The lowest BCUT2D eigenvalue weighted by Gasteiger charge is -2.49. The van der Waals surface area contributed by atoms with E-state index in [0.29, 0.717) is 18.6 Å². The van der Waals surface area contributed by atoms with E-state index in [2.05, 4.69) is 18.7 Å². The molecule has 0 spiro atoms. The van der Waals surface area contributed by atoms with Gasteiger partial charge in [-0.3, -0.25) is 9.69 Å². The Bertz CT molecular complexity index is 1260. The molecular formula is C39H69NO12. The van der Waals surface area contributed by atoms with Crippen LogP contribution in [0, 0.1) is 17.8 Å². The van der Waals surface area contributed by atoms with Crippen molar-refractivity contribution in [3.05, 3.63) is 11.3 Å². The van der Waals surface area contributed by atoms with Crippen LogP contribution in [0.5, 0.6) is 0 Å².